The van der Waals surface area contributed by atoms with Gasteiger partial charge in [0.05, 0.1) is 0 Å². The second-order valence-corrected chi connectivity index (χ2v) is 6.73. The summed E-state index contributed by atoms with van der Waals surface area (Å²) < 4.78 is 29.9. The minimum Gasteiger partial charge on any atom is -0.336 e. The summed E-state index contributed by atoms with van der Waals surface area (Å²) in [5.74, 6) is -1.09. The Hall–Kier alpha value is -2.28. The molecule has 2 aliphatic rings. The van der Waals surface area contributed by atoms with Crippen molar-refractivity contribution in [1.82, 2.24) is 19.8 Å². The summed E-state index contributed by atoms with van der Waals surface area (Å²) in [5.41, 5.74) is 0.0459. The van der Waals surface area contributed by atoms with Gasteiger partial charge in [-0.25, -0.2) is 13.8 Å². The first-order valence-electron chi connectivity index (χ1n) is 8.50. The van der Waals surface area contributed by atoms with Crippen LogP contribution >= 0.6 is 0 Å². The molecule has 1 N–H and O–H groups in total. The van der Waals surface area contributed by atoms with Gasteiger partial charge in [-0.3, -0.25) is 4.79 Å². The standard InChI is InChI=1S/C18H20F2N4O/c1-23-7-6-22-17(23)15-10-21-5-8-24(15)18(25)12-9-11(12)16-13(19)3-2-4-14(16)20/h2-4,6-7,11-12,15,21H,5,8-10H2,1H3. The van der Waals surface area contributed by atoms with Gasteiger partial charge < -0.3 is 14.8 Å². The van der Waals surface area contributed by atoms with Gasteiger partial charge in [0.2, 0.25) is 5.91 Å². The minimum atomic E-state index is -0.568. The summed E-state index contributed by atoms with van der Waals surface area (Å²) >= 11 is 0. The molecule has 5 nitrogen and oxygen atoms in total. The van der Waals surface area contributed by atoms with Gasteiger partial charge in [-0.2, -0.15) is 0 Å². The van der Waals surface area contributed by atoms with Crippen molar-refractivity contribution < 1.29 is 13.6 Å². The number of nitrogens with zero attached hydrogens (tertiary/aromatic N) is 3. The molecule has 4 rings (SSSR count). The molecule has 2 aromatic rings. The lowest BCUT2D eigenvalue weighted by Crippen LogP contribution is -2.50. The SMILES string of the molecule is Cn1ccnc1C1CNCCN1C(=O)C1CC1c1c(F)cccc1F. The number of hydrogen-bond donors (Lipinski definition) is 1. The molecule has 132 valence electrons. The number of carbonyl (C=O) groups excluding carboxylic acids is 1. The molecule has 1 amide bonds. The second-order valence-electron chi connectivity index (χ2n) is 6.73. The van der Waals surface area contributed by atoms with E-state index >= 15 is 0 Å². The van der Waals surface area contributed by atoms with E-state index in [0.29, 0.717) is 26.1 Å². The van der Waals surface area contributed by atoms with Crippen molar-refractivity contribution in [3.05, 3.63) is 53.6 Å². The Morgan fingerprint density at radius 3 is 2.76 bits per heavy atom. The zero-order chi connectivity index (χ0) is 17.6. The van der Waals surface area contributed by atoms with Crippen molar-refractivity contribution in [2.45, 2.75) is 18.4 Å². The van der Waals surface area contributed by atoms with Gasteiger partial charge in [-0.05, 0) is 18.6 Å². The maximum atomic E-state index is 14.0. The Kier molecular flexibility index (Phi) is 4.03. The molecule has 0 spiro atoms. The highest BCUT2D eigenvalue weighted by Gasteiger charge is 2.49. The predicted molar refractivity (Wildman–Crippen MR) is 87.7 cm³/mol. The van der Waals surface area contributed by atoms with Gasteiger partial charge in [0.25, 0.3) is 0 Å². The van der Waals surface area contributed by atoms with Crippen LogP contribution in [0.15, 0.2) is 30.6 Å². The Labute approximate surface area is 144 Å². The second kappa shape index (κ2) is 6.22. The van der Waals surface area contributed by atoms with Gasteiger partial charge in [-0.15, -0.1) is 0 Å². The first-order chi connectivity index (χ1) is 12.1. The fourth-order valence-electron chi connectivity index (χ4n) is 3.76. The third-order valence-electron chi connectivity index (χ3n) is 5.16. The number of halogens is 2. The van der Waals surface area contributed by atoms with Crippen molar-refractivity contribution >= 4 is 5.91 Å². The number of aryl methyl sites for hydroxylation is 1. The fourth-order valence-corrected chi connectivity index (χ4v) is 3.76. The first kappa shape index (κ1) is 16.2. The van der Waals surface area contributed by atoms with Crippen LogP contribution < -0.4 is 5.32 Å². The smallest absolute Gasteiger partial charge is 0.227 e. The van der Waals surface area contributed by atoms with Crippen LogP contribution in [0.3, 0.4) is 0 Å². The van der Waals surface area contributed by atoms with Gasteiger partial charge in [0.1, 0.15) is 23.5 Å². The predicted octanol–water partition coefficient (Wildman–Crippen LogP) is 1.97. The van der Waals surface area contributed by atoms with E-state index in [-0.39, 0.29) is 29.3 Å². The maximum Gasteiger partial charge on any atom is 0.227 e. The molecule has 1 aliphatic carbocycles. The van der Waals surface area contributed by atoms with E-state index in [2.05, 4.69) is 10.3 Å². The Balaban J connectivity index is 1.55. The molecular formula is C18H20F2N4O. The number of piperazine rings is 1. The van der Waals surface area contributed by atoms with Gasteiger partial charge in [-0.1, -0.05) is 6.07 Å². The normalized spacial score (nSPS) is 25.9. The molecule has 25 heavy (non-hydrogen) atoms. The summed E-state index contributed by atoms with van der Waals surface area (Å²) in [6.45, 7) is 1.90. The van der Waals surface area contributed by atoms with E-state index < -0.39 is 11.6 Å². The largest absolute Gasteiger partial charge is 0.336 e. The summed E-state index contributed by atoms with van der Waals surface area (Å²) in [6, 6.07) is 3.69. The van der Waals surface area contributed by atoms with Crippen LogP contribution in [0.25, 0.3) is 0 Å². The molecule has 2 heterocycles. The van der Waals surface area contributed by atoms with Crippen molar-refractivity contribution in [1.29, 1.82) is 0 Å². The average Bonchev–Trinajstić information content (AvgIpc) is 3.26. The van der Waals surface area contributed by atoms with Crippen LogP contribution in [0, 0.1) is 17.6 Å². The van der Waals surface area contributed by atoms with Gasteiger partial charge in [0, 0.05) is 56.5 Å². The Morgan fingerprint density at radius 1 is 1.32 bits per heavy atom. The molecule has 1 saturated heterocycles. The molecule has 1 aliphatic heterocycles. The molecule has 1 aromatic heterocycles. The Bertz CT molecular complexity index is 786. The van der Waals surface area contributed by atoms with Gasteiger partial charge >= 0.3 is 0 Å². The Morgan fingerprint density at radius 2 is 2.08 bits per heavy atom. The third kappa shape index (κ3) is 2.82. The van der Waals surface area contributed by atoms with Crippen LogP contribution in [0.5, 0.6) is 0 Å². The lowest BCUT2D eigenvalue weighted by atomic mass is 10.1. The van der Waals surface area contributed by atoms with E-state index in [1.807, 2.05) is 22.7 Å². The van der Waals surface area contributed by atoms with Crippen molar-refractivity contribution in [2.75, 3.05) is 19.6 Å². The summed E-state index contributed by atoms with van der Waals surface area (Å²) in [7, 11) is 1.90. The van der Waals surface area contributed by atoms with Crippen LogP contribution in [-0.4, -0.2) is 40.0 Å². The summed E-state index contributed by atoms with van der Waals surface area (Å²) in [5, 5.41) is 3.29. The van der Waals surface area contributed by atoms with Crippen molar-refractivity contribution in [2.24, 2.45) is 13.0 Å². The molecule has 7 heteroatoms. The lowest BCUT2D eigenvalue weighted by Gasteiger charge is -2.36. The van der Waals surface area contributed by atoms with E-state index in [1.165, 1.54) is 18.2 Å². The van der Waals surface area contributed by atoms with Crippen LogP contribution in [0.4, 0.5) is 8.78 Å². The van der Waals surface area contributed by atoms with Crippen molar-refractivity contribution in [3.63, 3.8) is 0 Å². The summed E-state index contributed by atoms with van der Waals surface area (Å²) in [4.78, 5) is 19.2. The molecule has 0 bridgehead atoms. The number of nitrogens with one attached hydrogen (secondary N) is 1. The third-order valence-corrected chi connectivity index (χ3v) is 5.16. The van der Waals surface area contributed by atoms with Crippen LogP contribution in [-0.2, 0) is 11.8 Å². The van der Waals surface area contributed by atoms with Crippen molar-refractivity contribution in [3.8, 4) is 0 Å². The maximum absolute atomic E-state index is 14.0. The number of amides is 1. The fraction of sp³-hybridized carbons (Fsp3) is 0.444. The number of imidazole rings is 1. The van der Waals surface area contributed by atoms with Crippen LogP contribution in [0.1, 0.15) is 29.8 Å². The van der Waals surface area contributed by atoms with E-state index in [1.54, 1.807) is 6.20 Å². The first-order valence-corrected chi connectivity index (χ1v) is 8.50. The average molecular weight is 346 g/mol. The summed E-state index contributed by atoms with van der Waals surface area (Å²) in [6.07, 6.45) is 4.05. The molecule has 1 saturated carbocycles. The van der Waals surface area contributed by atoms with E-state index in [4.69, 9.17) is 0 Å². The quantitative estimate of drug-likeness (QED) is 0.925. The highest BCUT2D eigenvalue weighted by atomic mass is 19.1. The minimum absolute atomic E-state index is 0.0397. The van der Waals surface area contributed by atoms with Crippen LogP contribution in [0.2, 0.25) is 0 Å². The number of rotatable bonds is 3. The molecule has 3 atom stereocenters. The zero-order valence-corrected chi connectivity index (χ0v) is 14.0. The lowest BCUT2D eigenvalue weighted by molar-refractivity contribution is -0.136. The molecule has 3 unspecified atom stereocenters. The van der Waals surface area contributed by atoms with E-state index in [9.17, 15) is 13.6 Å². The monoisotopic (exact) mass is 346 g/mol. The zero-order valence-electron chi connectivity index (χ0n) is 14.0. The highest BCUT2D eigenvalue weighted by Crippen LogP contribution is 2.50. The van der Waals surface area contributed by atoms with E-state index in [0.717, 1.165) is 5.82 Å². The number of carbonyl (C=O) groups is 1. The number of benzene rings is 1. The topological polar surface area (TPSA) is 50.2 Å². The molecule has 2 fully saturated rings. The highest BCUT2D eigenvalue weighted by molar-refractivity contribution is 5.83. The molecule has 1 aromatic carbocycles. The number of aromatic nitrogens is 2. The van der Waals surface area contributed by atoms with Gasteiger partial charge in [0.15, 0.2) is 0 Å². The number of hydrogen-bond acceptors (Lipinski definition) is 3. The molecule has 0 radical (unpaired) electrons. The molecular weight excluding hydrogens is 326 g/mol.